The molecule has 0 radical (unpaired) electrons. The number of anilines is 1. The molecule has 0 atom stereocenters. The van der Waals surface area contributed by atoms with Gasteiger partial charge in [0, 0.05) is 12.1 Å². The van der Waals surface area contributed by atoms with Gasteiger partial charge in [0.05, 0.1) is 12.8 Å². The van der Waals surface area contributed by atoms with Crippen LogP contribution in [-0.4, -0.2) is 13.2 Å². The number of hydrogen-bond donors (Lipinski definition) is 1. The molecule has 0 heterocycles. The Balaban J connectivity index is 2.82. The molecular formula is C16H26FNO. The van der Waals surface area contributed by atoms with Gasteiger partial charge in [-0.3, -0.25) is 0 Å². The van der Waals surface area contributed by atoms with Gasteiger partial charge in [-0.15, -0.1) is 0 Å². The minimum atomic E-state index is -0.272. The van der Waals surface area contributed by atoms with Crippen LogP contribution in [0.25, 0.3) is 0 Å². The summed E-state index contributed by atoms with van der Waals surface area (Å²) in [5.74, 6) is 1.55. The number of ether oxygens (including phenoxy) is 1. The number of methoxy groups -OCH3 is 1. The average Bonchev–Trinajstić information content (AvgIpc) is 2.29. The summed E-state index contributed by atoms with van der Waals surface area (Å²) in [5, 5.41) is 3.50. The lowest BCUT2D eigenvalue weighted by Crippen LogP contribution is -2.23. The number of rotatable bonds is 7. The van der Waals surface area contributed by atoms with Gasteiger partial charge in [-0.05, 0) is 36.8 Å². The van der Waals surface area contributed by atoms with Crippen molar-refractivity contribution in [2.24, 2.45) is 11.8 Å². The highest BCUT2D eigenvalue weighted by Gasteiger charge is 2.15. The Kier molecular flexibility index (Phi) is 6.13. The first-order valence-electron chi connectivity index (χ1n) is 7.02. The van der Waals surface area contributed by atoms with E-state index < -0.39 is 0 Å². The molecule has 0 aromatic heterocycles. The first kappa shape index (κ1) is 15.8. The lowest BCUT2D eigenvalue weighted by molar-refractivity contribution is 0.408. The highest BCUT2D eigenvalue weighted by atomic mass is 19.1. The average molecular weight is 267 g/mol. The van der Waals surface area contributed by atoms with Crippen molar-refractivity contribution in [2.75, 3.05) is 12.4 Å². The zero-order valence-corrected chi connectivity index (χ0v) is 12.7. The maximum atomic E-state index is 13.2. The first-order chi connectivity index (χ1) is 8.92. The van der Waals surface area contributed by atoms with Crippen molar-refractivity contribution < 1.29 is 9.13 Å². The zero-order valence-electron chi connectivity index (χ0n) is 12.7. The van der Waals surface area contributed by atoms with Gasteiger partial charge < -0.3 is 10.1 Å². The molecule has 0 aliphatic carbocycles. The van der Waals surface area contributed by atoms with E-state index in [2.05, 4.69) is 33.0 Å². The van der Waals surface area contributed by atoms with E-state index >= 15 is 0 Å². The van der Waals surface area contributed by atoms with Gasteiger partial charge in [0.1, 0.15) is 11.6 Å². The molecule has 0 spiro atoms. The zero-order chi connectivity index (χ0) is 14.4. The summed E-state index contributed by atoms with van der Waals surface area (Å²) in [7, 11) is 1.57. The van der Waals surface area contributed by atoms with E-state index in [0.717, 1.165) is 18.5 Å². The molecule has 1 aromatic carbocycles. The smallest absolute Gasteiger partial charge is 0.144 e. The summed E-state index contributed by atoms with van der Waals surface area (Å²) < 4.78 is 18.4. The van der Waals surface area contributed by atoms with Gasteiger partial charge in [0.25, 0.3) is 0 Å². The van der Waals surface area contributed by atoms with Crippen LogP contribution in [0.15, 0.2) is 18.2 Å². The Morgan fingerprint density at radius 1 is 1.11 bits per heavy atom. The monoisotopic (exact) mass is 267 g/mol. The fraction of sp³-hybridized carbons (Fsp3) is 0.625. The van der Waals surface area contributed by atoms with Crippen molar-refractivity contribution >= 4 is 5.69 Å². The molecule has 1 N–H and O–H groups in total. The molecule has 3 heteroatoms. The lowest BCUT2D eigenvalue weighted by Gasteiger charge is -2.24. The summed E-state index contributed by atoms with van der Waals surface area (Å²) in [5.41, 5.74) is 0.871. The van der Waals surface area contributed by atoms with Crippen LogP contribution < -0.4 is 10.1 Å². The predicted molar refractivity (Wildman–Crippen MR) is 79.3 cm³/mol. The van der Waals surface area contributed by atoms with Crippen LogP contribution in [0.4, 0.5) is 10.1 Å². The summed E-state index contributed by atoms with van der Waals surface area (Å²) >= 11 is 0. The lowest BCUT2D eigenvalue weighted by atomic mass is 9.95. The molecule has 19 heavy (non-hydrogen) atoms. The topological polar surface area (TPSA) is 21.3 Å². The normalized spacial score (nSPS) is 11.4. The summed E-state index contributed by atoms with van der Waals surface area (Å²) in [6, 6.07) is 5.03. The molecule has 0 bridgehead atoms. The van der Waals surface area contributed by atoms with E-state index in [0.29, 0.717) is 23.6 Å². The van der Waals surface area contributed by atoms with E-state index in [4.69, 9.17) is 4.74 Å². The summed E-state index contributed by atoms with van der Waals surface area (Å²) in [6.07, 6.45) is 2.19. The second kappa shape index (κ2) is 7.37. The van der Waals surface area contributed by atoms with Crippen LogP contribution >= 0.6 is 0 Å². The van der Waals surface area contributed by atoms with Crippen molar-refractivity contribution in [3.63, 3.8) is 0 Å². The fourth-order valence-electron chi connectivity index (χ4n) is 2.36. The fourth-order valence-corrected chi connectivity index (χ4v) is 2.36. The van der Waals surface area contributed by atoms with Gasteiger partial charge >= 0.3 is 0 Å². The molecule has 0 amide bonds. The number of hydrogen-bond acceptors (Lipinski definition) is 2. The molecule has 0 unspecified atom stereocenters. The van der Waals surface area contributed by atoms with Gasteiger partial charge in [0.15, 0.2) is 0 Å². The molecule has 1 aromatic rings. The molecule has 1 rings (SSSR count). The maximum Gasteiger partial charge on any atom is 0.144 e. The van der Waals surface area contributed by atoms with E-state index in [9.17, 15) is 4.39 Å². The molecule has 0 fully saturated rings. The third kappa shape index (κ3) is 5.50. The van der Waals surface area contributed by atoms with E-state index in [1.807, 2.05) is 0 Å². The van der Waals surface area contributed by atoms with Crippen molar-refractivity contribution in [2.45, 2.75) is 46.6 Å². The molecule has 2 nitrogen and oxygen atoms in total. The molecule has 108 valence electrons. The van der Waals surface area contributed by atoms with Gasteiger partial charge in [-0.1, -0.05) is 27.7 Å². The van der Waals surface area contributed by atoms with Crippen molar-refractivity contribution in [3.05, 3.63) is 24.0 Å². The largest absolute Gasteiger partial charge is 0.494 e. The maximum absolute atomic E-state index is 13.2. The Morgan fingerprint density at radius 3 is 2.16 bits per heavy atom. The van der Waals surface area contributed by atoms with Crippen LogP contribution in [0.5, 0.6) is 5.75 Å². The van der Waals surface area contributed by atoms with Gasteiger partial charge in [-0.25, -0.2) is 4.39 Å². The van der Waals surface area contributed by atoms with Crippen LogP contribution in [0, 0.1) is 17.7 Å². The van der Waals surface area contributed by atoms with Crippen LogP contribution in [-0.2, 0) is 0 Å². The standard InChI is InChI=1S/C16H26FNO/c1-11(2)8-14(9-12(3)4)18-15-7-6-13(17)10-16(15)19-5/h6-7,10-12,14,18H,8-9H2,1-5H3. The Morgan fingerprint density at radius 2 is 1.68 bits per heavy atom. The van der Waals surface area contributed by atoms with Gasteiger partial charge in [0.2, 0.25) is 0 Å². The Bertz CT molecular complexity index is 380. The molecule has 0 saturated heterocycles. The van der Waals surface area contributed by atoms with Crippen LogP contribution in [0.3, 0.4) is 0 Å². The quantitative estimate of drug-likeness (QED) is 0.772. The third-order valence-corrected chi connectivity index (χ3v) is 3.04. The predicted octanol–water partition coefficient (Wildman–Crippen LogP) is 4.71. The second-order valence-corrected chi connectivity index (χ2v) is 5.94. The van der Waals surface area contributed by atoms with E-state index in [1.54, 1.807) is 13.2 Å². The number of benzene rings is 1. The summed E-state index contributed by atoms with van der Waals surface area (Å²) in [4.78, 5) is 0. The molecule has 0 aliphatic heterocycles. The summed E-state index contributed by atoms with van der Waals surface area (Å²) in [6.45, 7) is 8.88. The molecule has 0 aliphatic rings. The minimum Gasteiger partial charge on any atom is -0.494 e. The Hall–Kier alpha value is -1.25. The van der Waals surface area contributed by atoms with E-state index in [1.165, 1.54) is 12.1 Å². The highest BCUT2D eigenvalue weighted by Crippen LogP contribution is 2.28. The van der Waals surface area contributed by atoms with Crippen LogP contribution in [0.2, 0.25) is 0 Å². The highest BCUT2D eigenvalue weighted by molar-refractivity contribution is 5.57. The molecular weight excluding hydrogens is 241 g/mol. The number of halogens is 1. The molecule has 0 saturated carbocycles. The first-order valence-corrected chi connectivity index (χ1v) is 7.02. The van der Waals surface area contributed by atoms with Crippen molar-refractivity contribution in [1.29, 1.82) is 0 Å². The third-order valence-electron chi connectivity index (χ3n) is 3.04. The minimum absolute atomic E-state index is 0.272. The van der Waals surface area contributed by atoms with Crippen LogP contribution in [0.1, 0.15) is 40.5 Å². The van der Waals surface area contributed by atoms with Crippen molar-refractivity contribution in [3.8, 4) is 5.75 Å². The number of nitrogens with one attached hydrogen (secondary N) is 1. The van der Waals surface area contributed by atoms with E-state index in [-0.39, 0.29) is 5.82 Å². The van der Waals surface area contributed by atoms with Gasteiger partial charge in [-0.2, -0.15) is 0 Å². The Labute approximate surface area is 116 Å². The SMILES string of the molecule is COc1cc(F)ccc1NC(CC(C)C)CC(C)C. The second-order valence-electron chi connectivity index (χ2n) is 5.94. The van der Waals surface area contributed by atoms with Crippen molar-refractivity contribution in [1.82, 2.24) is 0 Å².